The second kappa shape index (κ2) is 7.72. The van der Waals surface area contributed by atoms with Crippen LogP contribution in [-0.4, -0.2) is 19.4 Å². The number of nitrogens with one attached hydrogen (secondary N) is 1. The van der Waals surface area contributed by atoms with E-state index in [-0.39, 0.29) is 0 Å². The largest absolute Gasteiger partial charge is 0.496 e. The molecule has 1 unspecified atom stereocenters. The van der Waals surface area contributed by atoms with Crippen LogP contribution >= 0.6 is 23.1 Å². The van der Waals surface area contributed by atoms with Gasteiger partial charge in [0.05, 0.1) is 11.3 Å². The second-order valence-electron chi connectivity index (χ2n) is 4.60. The van der Waals surface area contributed by atoms with E-state index in [4.69, 9.17) is 4.74 Å². The van der Waals surface area contributed by atoms with Crippen molar-refractivity contribution in [2.24, 2.45) is 0 Å². The molecule has 0 saturated heterocycles. The molecular weight excluding hydrogens is 286 g/mol. The average Bonchev–Trinajstić information content (AvgIpc) is 2.96. The minimum absolute atomic E-state index is 0.307. The van der Waals surface area contributed by atoms with Crippen LogP contribution in [0.5, 0.6) is 5.75 Å². The average molecular weight is 307 g/mol. The first-order chi connectivity index (χ1) is 9.74. The molecule has 0 amide bonds. The number of thioether (sulfide) groups is 1. The molecule has 2 rings (SSSR count). The molecule has 0 radical (unpaired) electrons. The van der Waals surface area contributed by atoms with Gasteiger partial charge in [-0.2, -0.15) is 0 Å². The van der Waals surface area contributed by atoms with E-state index in [2.05, 4.69) is 54.9 Å². The SMILES string of the molecule is CCNC(CSc1cccs1)c1cc(C)ccc1OC. The van der Waals surface area contributed by atoms with Crippen LogP contribution in [-0.2, 0) is 0 Å². The molecule has 1 heterocycles. The van der Waals surface area contributed by atoms with E-state index in [0.717, 1.165) is 18.0 Å². The van der Waals surface area contributed by atoms with Gasteiger partial charge in [-0.25, -0.2) is 0 Å². The van der Waals surface area contributed by atoms with Crippen LogP contribution in [0, 0.1) is 6.92 Å². The summed E-state index contributed by atoms with van der Waals surface area (Å²) >= 11 is 3.69. The summed E-state index contributed by atoms with van der Waals surface area (Å²) in [7, 11) is 1.74. The zero-order chi connectivity index (χ0) is 14.4. The lowest BCUT2D eigenvalue weighted by Crippen LogP contribution is -2.23. The maximum Gasteiger partial charge on any atom is 0.123 e. The number of rotatable bonds is 7. The van der Waals surface area contributed by atoms with Crippen LogP contribution in [0.1, 0.15) is 24.1 Å². The number of aryl methyl sites for hydroxylation is 1. The number of thiophene rings is 1. The van der Waals surface area contributed by atoms with Gasteiger partial charge in [0.1, 0.15) is 5.75 Å². The third-order valence-corrected chi connectivity index (χ3v) is 5.32. The topological polar surface area (TPSA) is 21.3 Å². The Kier molecular flexibility index (Phi) is 5.95. The molecule has 1 aromatic carbocycles. The van der Waals surface area contributed by atoms with E-state index >= 15 is 0 Å². The summed E-state index contributed by atoms with van der Waals surface area (Å²) in [5, 5.41) is 5.69. The fourth-order valence-corrected chi connectivity index (χ4v) is 4.04. The molecule has 2 nitrogen and oxygen atoms in total. The molecule has 0 fully saturated rings. The van der Waals surface area contributed by atoms with Gasteiger partial charge in [-0.15, -0.1) is 23.1 Å². The summed E-state index contributed by atoms with van der Waals surface area (Å²) in [5.41, 5.74) is 2.52. The third-order valence-electron chi connectivity index (χ3n) is 3.10. The lowest BCUT2D eigenvalue weighted by molar-refractivity contribution is 0.403. The Morgan fingerprint density at radius 1 is 1.35 bits per heavy atom. The fraction of sp³-hybridized carbons (Fsp3) is 0.375. The van der Waals surface area contributed by atoms with Crippen LogP contribution in [0.3, 0.4) is 0 Å². The Hall–Kier alpha value is -0.970. The highest BCUT2D eigenvalue weighted by molar-refractivity contribution is 8.01. The highest BCUT2D eigenvalue weighted by Gasteiger charge is 2.16. The molecule has 0 spiro atoms. The number of hydrogen-bond donors (Lipinski definition) is 1. The number of methoxy groups -OCH3 is 1. The zero-order valence-electron chi connectivity index (χ0n) is 12.2. The third kappa shape index (κ3) is 4.01. The van der Waals surface area contributed by atoms with Crippen LogP contribution in [0.25, 0.3) is 0 Å². The van der Waals surface area contributed by atoms with E-state index in [1.54, 1.807) is 18.4 Å². The van der Waals surface area contributed by atoms with E-state index in [9.17, 15) is 0 Å². The van der Waals surface area contributed by atoms with Gasteiger partial charge in [0, 0.05) is 17.4 Å². The summed E-state index contributed by atoms with van der Waals surface area (Å²) in [6.45, 7) is 5.22. The van der Waals surface area contributed by atoms with E-state index in [1.165, 1.54) is 15.3 Å². The molecule has 0 aliphatic rings. The normalized spacial score (nSPS) is 12.3. The Bertz CT molecular complexity index is 525. The van der Waals surface area contributed by atoms with Crippen LogP contribution in [0.4, 0.5) is 0 Å². The van der Waals surface area contributed by atoms with E-state index in [0.29, 0.717) is 6.04 Å². The van der Waals surface area contributed by atoms with Crippen molar-refractivity contribution in [3.05, 3.63) is 46.8 Å². The second-order valence-corrected chi connectivity index (χ2v) is 6.87. The van der Waals surface area contributed by atoms with Gasteiger partial charge in [-0.1, -0.05) is 30.7 Å². The molecule has 108 valence electrons. The first kappa shape index (κ1) is 15.4. The van der Waals surface area contributed by atoms with Crippen molar-refractivity contribution in [3.63, 3.8) is 0 Å². The van der Waals surface area contributed by atoms with Crippen molar-refractivity contribution in [3.8, 4) is 5.75 Å². The van der Waals surface area contributed by atoms with Gasteiger partial charge in [0.2, 0.25) is 0 Å². The number of hydrogen-bond acceptors (Lipinski definition) is 4. The molecule has 0 aliphatic heterocycles. The number of benzene rings is 1. The Balaban J connectivity index is 2.16. The predicted molar refractivity (Wildman–Crippen MR) is 89.2 cm³/mol. The molecule has 1 aromatic heterocycles. The van der Waals surface area contributed by atoms with E-state index in [1.807, 2.05) is 11.8 Å². The predicted octanol–water partition coefficient (Wildman–Crippen LogP) is 4.51. The van der Waals surface area contributed by atoms with Crippen molar-refractivity contribution in [1.82, 2.24) is 5.32 Å². The lowest BCUT2D eigenvalue weighted by Gasteiger charge is -2.20. The van der Waals surface area contributed by atoms with Crippen molar-refractivity contribution in [1.29, 1.82) is 0 Å². The Labute approximate surface area is 129 Å². The van der Waals surface area contributed by atoms with Crippen LogP contribution < -0.4 is 10.1 Å². The van der Waals surface area contributed by atoms with Gasteiger partial charge in [0.25, 0.3) is 0 Å². The summed E-state index contributed by atoms with van der Waals surface area (Å²) in [6.07, 6.45) is 0. The first-order valence-electron chi connectivity index (χ1n) is 6.78. The van der Waals surface area contributed by atoms with Gasteiger partial charge >= 0.3 is 0 Å². The van der Waals surface area contributed by atoms with Gasteiger partial charge in [-0.05, 0) is 31.0 Å². The van der Waals surface area contributed by atoms with Gasteiger partial charge in [-0.3, -0.25) is 0 Å². The van der Waals surface area contributed by atoms with Crippen molar-refractivity contribution >= 4 is 23.1 Å². The molecule has 0 bridgehead atoms. The van der Waals surface area contributed by atoms with Gasteiger partial charge < -0.3 is 10.1 Å². The molecule has 0 aliphatic carbocycles. The Morgan fingerprint density at radius 2 is 2.20 bits per heavy atom. The maximum atomic E-state index is 5.52. The molecule has 2 aromatic rings. The molecule has 0 saturated carbocycles. The minimum atomic E-state index is 0.307. The first-order valence-corrected chi connectivity index (χ1v) is 8.65. The zero-order valence-corrected chi connectivity index (χ0v) is 13.8. The van der Waals surface area contributed by atoms with Crippen molar-refractivity contribution in [2.45, 2.75) is 24.1 Å². The smallest absolute Gasteiger partial charge is 0.123 e. The fourth-order valence-electron chi connectivity index (χ4n) is 2.14. The summed E-state index contributed by atoms with van der Waals surface area (Å²) in [5.74, 6) is 1.97. The quantitative estimate of drug-likeness (QED) is 0.761. The highest BCUT2D eigenvalue weighted by atomic mass is 32.2. The monoisotopic (exact) mass is 307 g/mol. The van der Waals surface area contributed by atoms with Crippen LogP contribution in [0.15, 0.2) is 39.9 Å². The summed E-state index contributed by atoms with van der Waals surface area (Å²) < 4.78 is 6.88. The van der Waals surface area contributed by atoms with Crippen molar-refractivity contribution in [2.75, 3.05) is 19.4 Å². The van der Waals surface area contributed by atoms with E-state index < -0.39 is 0 Å². The standard InChI is InChI=1S/C16H21NOS2/c1-4-17-14(11-20-16-6-5-9-19-16)13-10-12(2)7-8-15(13)18-3/h5-10,14,17H,4,11H2,1-3H3. The Morgan fingerprint density at radius 3 is 2.85 bits per heavy atom. The molecule has 1 N–H and O–H groups in total. The molecule has 20 heavy (non-hydrogen) atoms. The van der Waals surface area contributed by atoms with Crippen molar-refractivity contribution < 1.29 is 4.74 Å². The molecular formula is C16H21NOS2. The van der Waals surface area contributed by atoms with Crippen LogP contribution in [0.2, 0.25) is 0 Å². The number of ether oxygens (including phenoxy) is 1. The highest BCUT2D eigenvalue weighted by Crippen LogP contribution is 2.32. The summed E-state index contributed by atoms with van der Waals surface area (Å²) in [4.78, 5) is 0. The molecule has 4 heteroatoms. The summed E-state index contributed by atoms with van der Waals surface area (Å²) in [6, 6.07) is 11.0. The van der Waals surface area contributed by atoms with Gasteiger partial charge in [0.15, 0.2) is 0 Å². The molecule has 1 atom stereocenters. The lowest BCUT2D eigenvalue weighted by atomic mass is 10.0. The minimum Gasteiger partial charge on any atom is -0.496 e. The maximum absolute atomic E-state index is 5.52.